The molecule has 0 aliphatic heterocycles. The summed E-state index contributed by atoms with van der Waals surface area (Å²) in [4.78, 5) is 24.9. The maximum Gasteiger partial charge on any atom is 0.307 e. The van der Waals surface area contributed by atoms with E-state index in [4.69, 9.17) is 14.7 Å². The van der Waals surface area contributed by atoms with Crippen molar-refractivity contribution in [3.63, 3.8) is 0 Å². The Balaban J connectivity index is 2.01. The number of thiophene rings is 1. The van der Waals surface area contributed by atoms with E-state index in [9.17, 15) is 9.59 Å². The molecule has 0 bridgehead atoms. The van der Waals surface area contributed by atoms with Crippen molar-refractivity contribution in [2.45, 2.75) is 25.5 Å². The SMILES string of the molecule is COC(=O)CC(NC(=O)C(C)Oc1ccc(C#N)cc1)c1cccs1. The number of carbonyl (C=O) groups is 2. The Hall–Kier alpha value is -2.85. The van der Waals surface area contributed by atoms with E-state index in [1.807, 2.05) is 23.6 Å². The normalized spacial score (nSPS) is 12.5. The fourth-order valence-electron chi connectivity index (χ4n) is 2.12. The predicted octanol–water partition coefficient (Wildman–Crippen LogP) is 2.81. The number of benzene rings is 1. The molecular weight excluding hydrogens is 340 g/mol. The lowest BCUT2D eigenvalue weighted by molar-refractivity contribution is -0.141. The number of carbonyl (C=O) groups excluding carboxylic acids is 2. The highest BCUT2D eigenvalue weighted by Gasteiger charge is 2.23. The molecule has 0 spiro atoms. The number of methoxy groups -OCH3 is 1. The van der Waals surface area contributed by atoms with Crippen molar-refractivity contribution in [2.24, 2.45) is 0 Å². The van der Waals surface area contributed by atoms with E-state index in [0.717, 1.165) is 4.88 Å². The molecule has 0 saturated heterocycles. The zero-order chi connectivity index (χ0) is 18.2. The smallest absolute Gasteiger partial charge is 0.307 e. The van der Waals surface area contributed by atoms with Gasteiger partial charge in [-0.15, -0.1) is 11.3 Å². The molecule has 0 aliphatic carbocycles. The molecule has 0 aliphatic rings. The van der Waals surface area contributed by atoms with Gasteiger partial charge in [-0.05, 0) is 42.6 Å². The van der Waals surface area contributed by atoms with Crippen molar-refractivity contribution < 1.29 is 19.1 Å². The topological polar surface area (TPSA) is 88.4 Å². The van der Waals surface area contributed by atoms with Gasteiger partial charge in [-0.25, -0.2) is 0 Å². The number of nitrogens with zero attached hydrogens (tertiary/aromatic N) is 1. The number of esters is 1. The molecule has 25 heavy (non-hydrogen) atoms. The summed E-state index contributed by atoms with van der Waals surface area (Å²) < 4.78 is 10.3. The van der Waals surface area contributed by atoms with Crippen LogP contribution >= 0.6 is 11.3 Å². The van der Waals surface area contributed by atoms with E-state index in [2.05, 4.69) is 5.32 Å². The summed E-state index contributed by atoms with van der Waals surface area (Å²) >= 11 is 1.45. The lowest BCUT2D eigenvalue weighted by atomic mass is 10.1. The molecule has 6 nitrogen and oxygen atoms in total. The monoisotopic (exact) mass is 358 g/mol. The van der Waals surface area contributed by atoms with Crippen molar-refractivity contribution in [2.75, 3.05) is 7.11 Å². The van der Waals surface area contributed by atoms with Crippen molar-refractivity contribution in [1.29, 1.82) is 5.26 Å². The highest BCUT2D eigenvalue weighted by atomic mass is 32.1. The number of hydrogen-bond donors (Lipinski definition) is 1. The van der Waals surface area contributed by atoms with Gasteiger partial charge >= 0.3 is 5.97 Å². The summed E-state index contributed by atoms with van der Waals surface area (Å²) in [7, 11) is 1.31. The van der Waals surface area contributed by atoms with Crippen LogP contribution in [0.2, 0.25) is 0 Å². The van der Waals surface area contributed by atoms with Crippen LogP contribution in [0.3, 0.4) is 0 Å². The molecule has 1 aromatic carbocycles. The van der Waals surface area contributed by atoms with Crippen molar-refractivity contribution in [1.82, 2.24) is 5.32 Å². The summed E-state index contributed by atoms with van der Waals surface area (Å²) in [6.07, 6.45) is -0.708. The quantitative estimate of drug-likeness (QED) is 0.769. The second kappa shape index (κ2) is 8.85. The fraction of sp³-hybridized carbons (Fsp3) is 0.278. The lowest BCUT2D eigenvalue weighted by Gasteiger charge is -2.20. The van der Waals surface area contributed by atoms with Crippen LogP contribution in [-0.4, -0.2) is 25.1 Å². The first kappa shape index (κ1) is 18.5. The molecule has 1 amide bonds. The molecule has 0 saturated carbocycles. The van der Waals surface area contributed by atoms with E-state index in [1.165, 1.54) is 18.4 Å². The Labute approximate surface area is 150 Å². The molecule has 130 valence electrons. The average molecular weight is 358 g/mol. The number of nitriles is 1. The van der Waals surface area contributed by atoms with Crippen LogP contribution in [0, 0.1) is 11.3 Å². The van der Waals surface area contributed by atoms with E-state index in [-0.39, 0.29) is 12.3 Å². The minimum absolute atomic E-state index is 0.0480. The standard InChI is InChI=1S/C18H18N2O4S/c1-12(24-14-7-5-13(11-19)6-8-14)18(22)20-15(10-17(21)23-2)16-4-3-9-25-16/h3-9,12,15H,10H2,1-2H3,(H,20,22). The van der Waals surface area contributed by atoms with Gasteiger partial charge < -0.3 is 14.8 Å². The largest absolute Gasteiger partial charge is 0.481 e. The van der Waals surface area contributed by atoms with Crippen molar-refractivity contribution >= 4 is 23.2 Å². The first-order valence-electron chi connectivity index (χ1n) is 7.61. The fourth-order valence-corrected chi connectivity index (χ4v) is 2.89. The summed E-state index contributed by atoms with van der Waals surface area (Å²) in [5, 5.41) is 13.5. The van der Waals surface area contributed by atoms with Crippen LogP contribution in [-0.2, 0) is 14.3 Å². The van der Waals surface area contributed by atoms with Crippen molar-refractivity contribution in [3.8, 4) is 11.8 Å². The second-order valence-corrected chi connectivity index (χ2v) is 6.23. The van der Waals surface area contributed by atoms with E-state index in [0.29, 0.717) is 11.3 Å². The maximum atomic E-state index is 12.4. The Morgan fingerprint density at radius 3 is 2.56 bits per heavy atom. The minimum atomic E-state index is -0.756. The van der Waals surface area contributed by atoms with E-state index in [1.54, 1.807) is 31.2 Å². The van der Waals surface area contributed by atoms with Crippen LogP contribution in [0.25, 0.3) is 0 Å². The highest BCUT2D eigenvalue weighted by molar-refractivity contribution is 7.10. The summed E-state index contributed by atoms with van der Waals surface area (Å²) in [6.45, 7) is 1.62. The number of amides is 1. The summed E-state index contributed by atoms with van der Waals surface area (Å²) in [6, 6.07) is 11.8. The van der Waals surface area contributed by atoms with Gasteiger partial charge in [0.15, 0.2) is 6.10 Å². The molecule has 1 aromatic heterocycles. The third-order valence-corrected chi connectivity index (χ3v) is 4.45. The maximum absolute atomic E-state index is 12.4. The first-order valence-corrected chi connectivity index (χ1v) is 8.49. The molecule has 2 atom stereocenters. The predicted molar refractivity (Wildman–Crippen MR) is 93.1 cm³/mol. The highest BCUT2D eigenvalue weighted by Crippen LogP contribution is 2.23. The van der Waals surface area contributed by atoms with Gasteiger partial charge in [0.1, 0.15) is 5.75 Å². The van der Waals surface area contributed by atoms with Gasteiger partial charge in [-0.1, -0.05) is 6.07 Å². The van der Waals surface area contributed by atoms with Crippen LogP contribution in [0.1, 0.15) is 29.8 Å². The third kappa shape index (κ3) is 5.33. The Bertz CT molecular complexity index is 750. The molecule has 2 aromatic rings. The van der Waals surface area contributed by atoms with Crippen LogP contribution < -0.4 is 10.1 Å². The molecule has 0 fully saturated rings. The van der Waals surface area contributed by atoms with Gasteiger partial charge in [0.05, 0.1) is 31.2 Å². The van der Waals surface area contributed by atoms with Crippen LogP contribution in [0.5, 0.6) is 5.75 Å². The average Bonchev–Trinajstić information content (AvgIpc) is 3.16. The molecule has 1 heterocycles. The van der Waals surface area contributed by atoms with E-state index < -0.39 is 18.1 Å². The number of hydrogen-bond acceptors (Lipinski definition) is 6. The second-order valence-electron chi connectivity index (χ2n) is 5.25. The van der Waals surface area contributed by atoms with Crippen LogP contribution in [0.4, 0.5) is 0 Å². The van der Waals surface area contributed by atoms with Gasteiger partial charge in [0.25, 0.3) is 5.91 Å². The first-order chi connectivity index (χ1) is 12.0. The van der Waals surface area contributed by atoms with Gasteiger partial charge in [0, 0.05) is 4.88 Å². The number of ether oxygens (including phenoxy) is 2. The molecule has 2 unspecified atom stereocenters. The zero-order valence-electron chi connectivity index (χ0n) is 13.9. The lowest BCUT2D eigenvalue weighted by Crippen LogP contribution is -2.39. The van der Waals surface area contributed by atoms with E-state index >= 15 is 0 Å². The third-order valence-electron chi connectivity index (χ3n) is 3.47. The zero-order valence-corrected chi connectivity index (χ0v) is 14.7. The molecule has 0 radical (unpaired) electrons. The van der Waals surface area contributed by atoms with Gasteiger partial charge in [-0.3, -0.25) is 9.59 Å². The Morgan fingerprint density at radius 1 is 1.28 bits per heavy atom. The summed E-state index contributed by atoms with van der Waals surface area (Å²) in [5.41, 5.74) is 0.514. The number of nitrogens with one attached hydrogen (secondary N) is 1. The molecule has 1 N–H and O–H groups in total. The molecule has 7 heteroatoms. The molecule has 2 rings (SSSR count). The Kier molecular flexibility index (Phi) is 6.54. The van der Waals surface area contributed by atoms with Gasteiger partial charge in [-0.2, -0.15) is 5.26 Å². The van der Waals surface area contributed by atoms with Crippen molar-refractivity contribution in [3.05, 3.63) is 52.2 Å². The Morgan fingerprint density at radius 2 is 2.00 bits per heavy atom. The summed E-state index contributed by atoms with van der Waals surface area (Å²) in [5.74, 6) is -0.256. The van der Waals surface area contributed by atoms with Crippen LogP contribution in [0.15, 0.2) is 41.8 Å². The van der Waals surface area contributed by atoms with Gasteiger partial charge in [0.2, 0.25) is 0 Å². The minimum Gasteiger partial charge on any atom is -0.481 e. The number of rotatable bonds is 7. The molecular formula is C18H18N2O4S.